The average molecular weight is 336 g/mol. The van der Waals surface area contributed by atoms with E-state index < -0.39 is 11.5 Å². The van der Waals surface area contributed by atoms with E-state index in [1.807, 2.05) is 36.4 Å². The highest BCUT2D eigenvalue weighted by molar-refractivity contribution is 5.70. The van der Waals surface area contributed by atoms with Gasteiger partial charge in [-0.15, -0.1) is 0 Å². The number of aliphatic carboxylic acids is 1. The van der Waals surface area contributed by atoms with Gasteiger partial charge in [-0.3, -0.25) is 9.59 Å². The Hall–Kier alpha value is -3.48. The first-order valence-corrected chi connectivity index (χ1v) is 7.63. The molecule has 0 saturated heterocycles. The van der Waals surface area contributed by atoms with Gasteiger partial charge in [0.2, 0.25) is 0 Å². The van der Waals surface area contributed by atoms with E-state index in [0.717, 1.165) is 11.4 Å². The number of nitrogens with one attached hydrogen (secondary N) is 1. The fraction of sp³-hybridized carbons (Fsp3) is 0.111. The fourth-order valence-corrected chi connectivity index (χ4v) is 2.46. The molecule has 3 aromatic rings. The zero-order chi connectivity index (χ0) is 17.8. The molecule has 0 spiro atoms. The molecule has 2 heterocycles. The molecule has 0 aliphatic heterocycles. The number of benzene rings is 1. The third-order valence-corrected chi connectivity index (χ3v) is 3.65. The normalized spacial score (nSPS) is 11.1. The van der Waals surface area contributed by atoms with Crippen LogP contribution in [-0.2, 0) is 11.2 Å². The molecule has 0 aliphatic rings. The van der Waals surface area contributed by atoms with E-state index in [2.05, 4.69) is 15.1 Å². The van der Waals surface area contributed by atoms with E-state index in [1.54, 1.807) is 30.0 Å². The summed E-state index contributed by atoms with van der Waals surface area (Å²) in [5.41, 5.74) is 1.87. The largest absolute Gasteiger partial charge is 0.481 e. The van der Waals surface area contributed by atoms with Gasteiger partial charge in [0, 0.05) is 11.3 Å². The molecule has 0 fully saturated rings. The minimum absolute atomic E-state index is 0.166. The Labute approximate surface area is 143 Å². The summed E-state index contributed by atoms with van der Waals surface area (Å²) in [6.07, 6.45) is 4.78. The highest BCUT2D eigenvalue weighted by atomic mass is 16.4. The molecule has 0 aliphatic carbocycles. The maximum Gasteiger partial charge on any atom is 0.308 e. The summed E-state index contributed by atoms with van der Waals surface area (Å²) in [4.78, 5) is 29.7. The Morgan fingerprint density at radius 3 is 2.68 bits per heavy atom. The number of rotatable bonds is 5. The molecule has 0 atom stereocenters. The molecule has 0 unspecified atom stereocenters. The lowest BCUT2D eigenvalue weighted by Gasteiger charge is -2.04. The van der Waals surface area contributed by atoms with Crippen LogP contribution in [0.1, 0.15) is 22.8 Å². The summed E-state index contributed by atoms with van der Waals surface area (Å²) >= 11 is 0. The van der Waals surface area contributed by atoms with Crippen molar-refractivity contribution in [3.8, 4) is 5.69 Å². The number of nitrogens with zero attached hydrogens (tertiary/aromatic N) is 3. The minimum atomic E-state index is -1.06. The SMILES string of the molecule is Cc1nc(/C=C/c2ccnn2-c2ccccc2)[nH]c(=O)c1CC(=O)O. The van der Waals surface area contributed by atoms with Crippen molar-refractivity contribution in [1.29, 1.82) is 0 Å². The van der Waals surface area contributed by atoms with Gasteiger partial charge in [-0.25, -0.2) is 9.67 Å². The number of aryl methyl sites for hydroxylation is 1. The molecule has 7 heteroatoms. The maximum atomic E-state index is 12.0. The first-order valence-electron chi connectivity index (χ1n) is 7.63. The number of carboxylic acids is 1. The van der Waals surface area contributed by atoms with Gasteiger partial charge in [0.05, 0.1) is 24.0 Å². The molecular formula is C18H16N4O3. The van der Waals surface area contributed by atoms with Crippen molar-refractivity contribution in [2.24, 2.45) is 0 Å². The van der Waals surface area contributed by atoms with Crippen molar-refractivity contribution < 1.29 is 9.90 Å². The van der Waals surface area contributed by atoms with Crippen LogP contribution < -0.4 is 5.56 Å². The first kappa shape index (κ1) is 16.4. The lowest BCUT2D eigenvalue weighted by atomic mass is 10.2. The van der Waals surface area contributed by atoms with Gasteiger partial charge in [0.25, 0.3) is 5.56 Å². The molecular weight excluding hydrogens is 320 g/mol. The first-order chi connectivity index (χ1) is 12.0. The van der Waals surface area contributed by atoms with Crippen LogP contribution in [0.25, 0.3) is 17.8 Å². The summed E-state index contributed by atoms with van der Waals surface area (Å²) in [7, 11) is 0. The second kappa shape index (κ2) is 6.96. The van der Waals surface area contributed by atoms with Crippen LogP contribution in [0.3, 0.4) is 0 Å². The monoisotopic (exact) mass is 336 g/mol. The lowest BCUT2D eigenvalue weighted by molar-refractivity contribution is -0.136. The van der Waals surface area contributed by atoms with Gasteiger partial charge >= 0.3 is 5.97 Å². The Kier molecular flexibility index (Phi) is 4.56. The number of hydrogen-bond acceptors (Lipinski definition) is 4. The molecule has 0 bridgehead atoms. The highest BCUT2D eigenvalue weighted by Crippen LogP contribution is 2.12. The summed E-state index contributed by atoms with van der Waals surface area (Å²) in [5.74, 6) is -0.706. The van der Waals surface area contributed by atoms with E-state index >= 15 is 0 Å². The fourth-order valence-electron chi connectivity index (χ4n) is 2.46. The lowest BCUT2D eigenvalue weighted by Crippen LogP contribution is -2.20. The van der Waals surface area contributed by atoms with Crippen LogP contribution >= 0.6 is 0 Å². The number of carbonyl (C=O) groups is 1. The van der Waals surface area contributed by atoms with E-state index in [9.17, 15) is 9.59 Å². The van der Waals surface area contributed by atoms with Crippen LogP contribution in [0, 0.1) is 6.92 Å². The number of aromatic nitrogens is 4. The topological polar surface area (TPSA) is 101 Å². The van der Waals surface area contributed by atoms with E-state index in [4.69, 9.17) is 5.11 Å². The summed E-state index contributed by atoms with van der Waals surface area (Å²) in [6.45, 7) is 1.62. The molecule has 0 radical (unpaired) electrons. The second-order valence-electron chi connectivity index (χ2n) is 5.42. The molecule has 126 valence electrons. The Morgan fingerprint density at radius 2 is 2.00 bits per heavy atom. The zero-order valence-electron chi connectivity index (χ0n) is 13.5. The quantitative estimate of drug-likeness (QED) is 0.743. The van der Waals surface area contributed by atoms with Crippen molar-refractivity contribution in [2.75, 3.05) is 0 Å². The number of H-pyrrole nitrogens is 1. The van der Waals surface area contributed by atoms with Gasteiger partial charge in [0.1, 0.15) is 5.82 Å². The number of hydrogen-bond donors (Lipinski definition) is 2. The summed E-state index contributed by atoms with van der Waals surface area (Å²) < 4.78 is 1.76. The van der Waals surface area contributed by atoms with Crippen LogP contribution in [0.2, 0.25) is 0 Å². The molecule has 7 nitrogen and oxygen atoms in total. The van der Waals surface area contributed by atoms with Crippen LogP contribution in [0.5, 0.6) is 0 Å². The molecule has 2 N–H and O–H groups in total. The summed E-state index contributed by atoms with van der Waals surface area (Å²) in [6, 6.07) is 11.5. The maximum absolute atomic E-state index is 12.0. The minimum Gasteiger partial charge on any atom is -0.481 e. The predicted molar refractivity (Wildman–Crippen MR) is 93.4 cm³/mol. The van der Waals surface area contributed by atoms with E-state index in [1.165, 1.54) is 0 Å². The van der Waals surface area contributed by atoms with Crippen molar-refractivity contribution in [3.63, 3.8) is 0 Å². The van der Waals surface area contributed by atoms with Crippen LogP contribution in [-0.4, -0.2) is 30.8 Å². The molecule has 2 aromatic heterocycles. The van der Waals surface area contributed by atoms with Gasteiger partial charge in [-0.2, -0.15) is 5.10 Å². The predicted octanol–water partition coefficient (Wildman–Crippen LogP) is 2.06. The molecule has 3 rings (SSSR count). The molecule has 25 heavy (non-hydrogen) atoms. The van der Waals surface area contributed by atoms with Gasteiger partial charge in [0.15, 0.2) is 0 Å². The van der Waals surface area contributed by atoms with Crippen molar-refractivity contribution >= 4 is 18.1 Å². The van der Waals surface area contributed by atoms with Crippen LogP contribution in [0.15, 0.2) is 47.4 Å². The van der Waals surface area contributed by atoms with Gasteiger partial charge in [-0.05, 0) is 37.3 Å². The number of carboxylic acid groups (broad SMARTS) is 1. The Morgan fingerprint density at radius 1 is 1.24 bits per heavy atom. The summed E-state index contributed by atoms with van der Waals surface area (Å²) in [5, 5.41) is 13.1. The van der Waals surface area contributed by atoms with Crippen molar-refractivity contribution in [3.05, 3.63) is 75.7 Å². The third kappa shape index (κ3) is 3.72. The van der Waals surface area contributed by atoms with Gasteiger partial charge < -0.3 is 10.1 Å². The standard InChI is InChI=1S/C18H16N4O3/c1-12-15(11-17(23)24)18(25)21-16(20-12)8-7-14-9-10-19-22(14)13-5-3-2-4-6-13/h2-10H,11H2,1H3,(H,23,24)(H,20,21,25)/b8-7+. The van der Waals surface area contributed by atoms with E-state index in [-0.39, 0.29) is 12.0 Å². The van der Waals surface area contributed by atoms with E-state index in [0.29, 0.717) is 11.5 Å². The zero-order valence-corrected chi connectivity index (χ0v) is 13.5. The number of para-hydroxylation sites is 1. The van der Waals surface area contributed by atoms with Crippen LogP contribution in [0.4, 0.5) is 0 Å². The Bertz CT molecular complexity index is 987. The Balaban J connectivity index is 1.90. The van der Waals surface area contributed by atoms with Gasteiger partial charge in [-0.1, -0.05) is 18.2 Å². The molecule has 0 amide bonds. The highest BCUT2D eigenvalue weighted by Gasteiger charge is 2.11. The second-order valence-corrected chi connectivity index (χ2v) is 5.42. The van der Waals surface area contributed by atoms with Crippen molar-refractivity contribution in [1.82, 2.24) is 19.7 Å². The molecule has 1 aromatic carbocycles. The third-order valence-electron chi connectivity index (χ3n) is 3.65. The number of aromatic amines is 1. The smallest absolute Gasteiger partial charge is 0.308 e. The average Bonchev–Trinajstić information content (AvgIpc) is 3.05. The van der Waals surface area contributed by atoms with Crippen molar-refractivity contribution in [2.45, 2.75) is 13.3 Å². The molecule has 0 saturated carbocycles.